The van der Waals surface area contributed by atoms with E-state index in [0.29, 0.717) is 32.4 Å². The van der Waals surface area contributed by atoms with Crippen LogP contribution in [-0.4, -0.2) is 29.7 Å². The van der Waals surface area contributed by atoms with Gasteiger partial charge in [0.25, 0.3) is 0 Å². The maximum absolute atomic E-state index is 13.8. The molecular formula is C21H29F2NO2. The summed E-state index contributed by atoms with van der Waals surface area (Å²) >= 11 is 0. The molecule has 144 valence electrons. The van der Waals surface area contributed by atoms with E-state index in [9.17, 15) is 18.4 Å². The van der Waals surface area contributed by atoms with Gasteiger partial charge in [-0.3, -0.25) is 9.59 Å². The molecule has 0 atom stereocenters. The molecule has 0 spiro atoms. The third-order valence-electron chi connectivity index (χ3n) is 5.16. The van der Waals surface area contributed by atoms with Gasteiger partial charge in [-0.15, -0.1) is 0 Å². The second-order valence-electron chi connectivity index (χ2n) is 7.16. The zero-order chi connectivity index (χ0) is 18.9. The number of halogens is 2. The predicted octanol–water partition coefficient (Wildman–Crippen LogP) is 5.14. The minimum Gasteiger partial charge on any atom is -0.343 e. The van der Waals surface area contributed by atoms with Crippen molar-refractivity contribution < 1.29 is 18.4 Å². The lowest BCUT2D eigenvalue weighted by Gasteiger charge is -2.31. The van der Waals surface area contributed by atoms with E-state index >= 15 is 0 Å². The Morgan fingerprint density at radius 3 is 2.38 bits per heavy atom. The summed E-state index contributed by atoms with van der Waals surface area (Å²) in [7, 11) is 0. The number of carbonyl (C=O) groups is 2. The molecule has 1 aromatic rings. The van der Waals surface area contributed by atoms with Crippen molar-refractivity contribution in [3.8, 4) is 0 Å². The first kappa shape index (κ1) is 20.5. The van der Waals surface area contributed by atoms with E-state index in [0.717, 1.165) is 31.0 Å². The molecule has 0 aromatic heterocycles. The summed E-state index contributed by atoms with van der Waals surface area (Å²) in [6, 6.07) is 2.96. The highest BCUT2D eigenvalue weighted by atomic mass is 19.1. The van der Waals surface area contributed by atoms with Crippen LogP contribution in [0.4, 0.5) is 8.78 Å². The molecule has 1 aliphatic heterocycles. The number of likely N-dealkylation sites (tertiary alicyclic amines) is 1. The van der Waals surface area contributed by atoms with E-state index in [-0.39, 0.29) is 23.2 Å². The van der Waals surface area contributed by atoms with Crippen LogP contribution in [0.2, 0.25) is 0 Å². The number of ketones is 1. The second kappa shape index (κ2) is 10.4. The van der Waals surface area contributed by atoms with Crippen molar-refractivity contribution in [2.45, 2.75) is 64.7 Å². The van der Waals surface area contributed by atoms with Gasteiger partial charge in [0.05, 0.1) is 5.56 Å². The SMILES string of the molecule is CCCCCCCCC(=O)N1CCC(C(=O)c2cc(F)ccc2F)CC1. The molecule has 1 heterocycles. The highest BCUT2D eigenvalue weighted by molar-refractivity contribution is 5.98. The number of unbranched alkanes of at least 4 members (excludes halogenated alkanes) is 5. The molecule has 5 heteroatoms. The number of piperidine rings is 1. The van der Waals surface area contributed by atoms with Crippen LogP contribution in [0.3, 0.4) is 0 Å². The van der Waals surface area contributed by atoms with Gasteiger partial charge in [0.2, 0.25) is 5.91 Å². The van der Waals surface area contributed by atoms with Gasteiger partial charge in [-0.2, -0.15) is 0 Å². The van der Waals surface area contributed by atoms with Crippen molar-refractivity contribution in [3.63, 3.8) is 0 Å². The highest BCUT2D eigenvalue weighted by Crippen LogP contribution is 2.24. The summed E-state index contributed by atoms with van der Waals surface area (Å²) < 4.78 is 27.1. The molecule has 3 nitrogen and oxygen atoms in total. The van der Waals surface area contributed by atoms with Gasteiger partial charge in [-0.1, -0.05) is 39.0 Å². The van der Waals surface area contributed by atoms with Crippen LogP contribution in [0.1, 0.15) is 75.1 Å². The van der Waals surface area contributed by atoms with Crippen molar-refractivity contribution in [1.29, 1.82) is 0 Å². The predicted molar refractivity (Wildman–Crippen MR) is 98.0 cm³/mol. The van der Waals surface area contributed by atoms with E-state index in [2.05, 4.69) is 6.92 Å². The standard InChI is InChI=1S/C21H29F2NO2/c1-2-3-4-5-6-7-8-20(25)24-13-11-16(12-14-24)21(26)18-15-17(22)9-10-19(18)23/h9-10,15-16H,2-8,11-14H2,1H3. The molecule has 0 N–H and O–H groups in total. The summed E-state index contributed by atoms with van der Waals surface area (Å²) in [5.41, 5.74) is -0.179. The normalized spacial score (nSPS) is 15.3. The first-order valence-electron chi connectivity index (χ1n) is 9.80. The zero-order valence-electron chi connectivity index (χ0n) is 15.6. The molecule has 0 aliphatic carbocycles. The highest BCUT2D eigenvalue weighted by Gasteiger charge is 2.29. The van der Waals surface area contributed by atoms with Gasteiger partial charge in [0.15, 0.2) is 5.78 Å². The van der Waals surface area contributed by atoms with Crippen LogP contribution in [0.15, 0.2) is 18.2 Å². The second-order valence-corrected chi connectivity index (χ2v) is 7.16. The number of hydrogen-bond acceptors (Lipinski definition) is 2. The summed E-state index contributed by atoms with van der Waals surface area (Å²) in [6.07, 6.45) is 8.45. The maximum atomic E-state index is 13.8. The Kier molecular flexibility index (Phi) is 8.20. The van der Waals surface area contributed by atoms with Crippen molar-refractivity contribution in [1.82, 2.24) is 4.90 Å². The molecule has 26 heavy (non-hydrogen) atoms. The molecule has 0 unspecified atom stereocenters. The zero-order valence-corrected chi connectivity index (χ0v) is 15.6. The van der Waals surface area contributed by atoms with Crippen LogP contribution >= 0.6 is 0 Å². The van der Waals surface area contributed by atoms with Crippen molar-refractivity contribution >= 4 is 11.7 Å². The van der Waals surface area contributed by atoms with Gasteiger partial charge >= 0.3 is 0 Å². The summed E-state index contributed by atoms with van der Waals surface area (Å²) in [5, 5.41) is 0. The molecule has 1 fully saturated rings. The van der Waals surface area contributed by atoms with E-state index in [1.807, 2.05) is 0 Å². The van der Waals surface area contributed by atoms with Gasteiger partial charge in [0, 0.05) is 25.4 Å². The van der Waals surface area contributed by atoms with Crippen molar-refractivity contribution in [2.75, 3.05) is 13.1 Å². The maximum Gasteiger partial charge on any atom is 0.222 e. The average molecular weight is 365 g/mol. The van der Waals surface area contributed by atoms with E-state index in [4.69, 9.17) is 0 Å². The Morgan fingerprint density at radius 1 is 1.04 bits per heavy atom. The minimum absolute atomic E-state index is 0.142. The Labute approximate surface area is 154 Å². The minimum atomic E-state index is -0.682. The smallest absolute Gasteiger partial charge is 0.222 e. The quantitative estimate of drug-likeness (QED) is 0.449. The van der Waals surface area contributed by atoms with Gasteiger partial charge < -0.3 is 4.90 Å². The van der Waals surface area contributed by atoms with Gasteiger partial charge in [0.1, 0.15) is 11.6 Å². The van der Waals surface area contributed by atoms with Crippen LogP contribution in [0.25, 0.3) is 0 Å². The van der Waals surface area contributed by atoms with Crippen molar-refractivity contribution in [2.24, 2.45) is 5.92 Å². The molecule has 2 rings (SSSR count). The lowest BCUT2D eigenvalue weighted by atomic mass is 9.88. The topological polar surface area (TPSA) is 37.4 Å². The first-order valence-corrected chi connectivity index (χ1v) is 9.80. The summed E-state index contributed by atoms with van der Waals surface area (Å²) in [4.78, 5) is 26.5. The van der Waals surface area contributed by atoms with Crippen LogP contribution in [0.5, 0.6) is 0 Å². The lowest BCUT2D eigenvalue weighted by molar-refractivity contribution is -0.132. The van der Waals surface area contributed by atoms with E-state index in [1.165, 1.54) is 25.7 Å². The number of carbonyl (C=O) groups excluding carboxylic acids is 2. The third kappa shape index (κ3) is 5.89. The number of benzene rings is 1. The number of hydrogen-bond donors (Lipinski definition) is 0. The lowest BCUT2D eigenvalue weighted by Crippen LogP contribution is -2.40. The van der Waals surface area contributed by atoms with Crippen LogP contribution in [-0.2, 0) is 4.79 Å². The summed E-state index contributed by atoms with van der Waals surface area (Å²) in [5.74, 6) is -1.85. The molecule has 1 aromatic carbocycles. The molecule has 0 bridgehead atoms. The third-order valence-corrected chi connectivity index (χ3v) is 5.16. The monoisotopic (exact) mass is 365 g/mol. The van der Waals surface area contributed by atoms with Gasteiger partial charge in [-0.25, -0.2) is 8.78 Å². The largest absolute Gasteiger partial charge is 0.343 e. The fourth-order valence-electron chi connectivity index (χ4n) is 3.51. The number of Topliss-reactive ketones (excluding diaryl/α,β-unsaturated/α-hetero) is 1. The Morgan fingerprint density at radius 2 is 1.69 bits per heavy atom. The number of nitrogens with zero attached hydrogens (tertiary/aromatic N) is 1. The Bertz CT molecular complexity index is 610. The van der Waals surface area contributed by atoms with Crippen molar-refractivity contribution in [3.05, 3.63) is 35.4 Å². The molecule has 1 saturated heterocycles. The van der Waals surface area contributed by atoms with Crippen LogP contribution < -0.4 is 0 Å². The first-order chi connectivity index (χ1) is 12.5. The Hall–Kier alpha value is -1.78. The average Bonchev–Trinajstić information content (AvgIpc) is 2.66. The van der Waals surface area contributed by atoms with E-state index < -0.39 is 11.6 Å². The number of amides is 1. The molecular weight excluding hydrogens is 336 g/mol. The molecule has 0 saturated carbocycles. The fraction of sp³-hybridized carbons (Fsp3) is 0.619. The molecule has 1 amide bonds. The fourth-order valence-corrected chi connectivity index (χ4v) is 3.51. The van der Waals surface area contributed by atoms with E-state index in [1.54, 1.807) is 4.90 Å². The number of rotatable bonds is 9. The summed E-state index contributed by atoms with van der Waals surface area (Å²) in [6.45, 7) is 3.21. The molecule has 0 radical (unpaired) electrons. The Balaban J connectivity index is 1.75. The van der Waals surface area contributed by atoms with Gasteiger partial charge in [-0.05, 0) is 37.5 Å². The van der Waals surface area contributed by atoms with Crippen LogP contribution in [0, 0.1) is 17.6 Å². The molecule has 1 aliphatic rings.